The van der Waals surface area contributed by atoms with Crippen LogP contribution in [0.25, 0.3) is 0 Å². The first-order valence-electron chi connectivity index (χ1n) is 3.34. The number of hydrazone groups is 1. The van der Waals surface area contributed by atoms with Crippen LogP contribution in [0.5, 0.6) is 0 Å². The molecular weight excluding hydrogens is 190 g/mol. The molecule has 12 heavy (non-hydrogen) atoms. The van der Waals surface area contributed by atoms with Crippen LogP contribution in [0.1, 0.15) is 11.8 Å². The predicted octanol–water partition coefficient (Wildman–Crippen LogP) is 1.31. The van der Waals surface area contributed by atoms with Gasteiger partial charge < -0.3 is 5.73 Å². The molecule has 1 rings (SSSR count). The van der Waals surface area contributed by atoms with Crippen molar-refractivity contribution in [3.8, 4) is 0 Å². The first kappa shape index (κ1) is 9.15. The van der Waals surface area contributed by atoms with Gasteiger partial charge in [0.2, 0.25) is 0 Å². The molecule has 0 amide bonds. The van der Waals surface area contributed by atoms with E-state index in [1.807, 2.05) is 24.4 Å². The molecule has 0 atom stereocenters. The number of nitrogens with zero attached hydrogens (tertiary/aromatic N) is 1. The lowest BCUT2D eigenvalue weighted by Crippen LogP contribution is -2.25. The normalized spacial score (nSPS) is 11.2. The Balaban J connectivity index is 2.65. The summed E-state index contributed by atoms with van der Waals surface area (Å²) in [5.74, 6) is 0. The van der Waals surface area contributed by atoms with Crippen molar-refractivity contribution in [3.05, 3.63) is 22.4 Å². The van der Waals surface area contributed by atoms with E-state index >= 15 is 0 Å². The van der Waals surface area contributed by atoms with Crippen molar-refractivity contribution in [1.29, 1.82) is 0 Å². The van der Waals surface area contributed by atoms with E-state index in [1.54, 1.807) is 11.3 Å². The fourth-order valence-electron chi connectivity index (χ4n) is 0.678. The topological polar surface area (TPSA) is 50.4 Å². The summed E-state index contributed by atoms with van der Waals surface area (Å²) in [6.07, 6.45) is 0. The summed E-state index contributed by atoms with van der Waals surface area (Å²) in [5, 5.41) is 6.16. The molecule has 0 radical (unpaired) electrons. The highest BCUT2D eigenvalue weighted by Crippen LogP contribution is 2.08. The summed E-state index contributed by atoms with van der Waals surface area (Å²) in [4.78, 5) is 1.11. The average Bonchev–Trinajstić information content (AvgIpc) is 2.51. The van der Waals surface area contributed by atoms with Crippen LogP contribution in [0.3, 0.4) is 0 Å². The number of thiophene rings is 1. The third kappa shape index (κ3) is 2.60. The number of hydrogen-bond donors (Lipinski definition) is 2. The van der Waals surface area contributed by atoms with Crippen molar-refractivity contribution >= 4 is 34.4 Å². The summed E-state index contributed by atoms with van der Waals surface area (Å²) in [6, 6.07) is 3.96. The SMILES string of the molecule is CC(=NNC(N)=S)c1cccs1. The Kier molecular flexibility index (Phi) is 3.19. The van der Waals surface area contributed by atoms with Gasteiger partial charge in [-0.25, -0.2) is 0 Å². The van der Waals surface area contributed by atoms with Crippen molar-refractivity contribution in [3.63, 3.8) is 0 Å². The van der Waals surface area contributed by atoms with Crippen molar-refractivity contribution in [1.82, 2.24) is 5.43 Å². The zero-order chi connectivity index (χ0) is 8.97. The smallest absolute Gasteiger partial charge is 0.184 e. The van der Waals surface area contributed by atoms with E-state index in [0.29, 0.717) is 0 Å². The molecule has 0 aliphatic rings. The molecule has 0 aliphatic carbocycles. The minimum atomic E-state index is 0.186. The van der Waals surface area contributed by atoms with Gasteiger partial charge in [-0.15, -0.1) is 11.3 Å². The van der Waals surface area contributed by atoms with Gasteiger partial charge in [0.1, 0.15) is 0 Å². The number of hydrogen-bond acceptors (Lipinski definition) is 3. The van der Waals surface area contributed by atoms with Gasteiger partial charge in [0.25, 0.3) is 0 Å². The molecule has 0 bridgehead atoms. The molecule has 0 saturated carbocycles. The Labute approximate surface area is 80.3 Å². The van der Waals surface area contributed by atoms with Gasteiger partial charge >= 0.3 is 0 Å². The summed E-state index contributed by atoms with van der Waals surface area (Å²) in [6.45, 7) is 1.90. The van der Waals surface area contributed by atoms with E-state index in [2.05, 4.69) is 22.7 Å². The van der Waals surface area contributed by atoms with Crippen molar-refractivity contribution < 1.29 is 0 Å². The van der Waals surface area contributed by atoms with E-state index in [0.717, 1.165) is 10.6 Å². The molecule has 0 fully saturated rings. The van der Waals surface area contributed by atoms with Crippen LogP contribution in [0, 0.1) is 0 Å². The summed E-state index contributed by atoms with van der Waals surface area (Å²) >= 11 is 6.23. The maximum Gasteiger partial charge on any atom is 0.184 e. The molecule has 5 heteroatoms. The summed E-state index contributed by atoms with van der Waals surface area (Å²) in [7, 11) is 0. The van der Waals surface area contributed by atoms with Crippen LogP contribution in [-0.2, 0) is 0 Å². The molecule has 3 N–H and O–H groups in total. The lowest BCUT2D eigenvalue weighted by Gasteiger charge is -1.97. The Hall–Kier alpha value is -0.940. The van der Waals surface area contributed by atoms with Gasteiger partial charge in [-0.2, -0.15) is 5.10 Å². The van der Waals surface area contributed by atoms with Crippen molar-refractivity contribution in [2.24, 2.45) is 10.8 Å². The fraction of sp³-hybridized carbons (Fsp3) is 0.143. The third-order valence-corrected chi connectivity index (χ3v) is 2.28. The maximum atomic E-state index is 5.21. The molecule has 0 aliphatic heterocycles. The Bertz CT molecular complexity index is 290. The van der Waals surface area contributed by atoms with Gasteiger partial charge in [-0.1, -0.05) is 6.07 Å². The minimum absolute atomic E-state index is 0.186. The summed E-state index contributed by atoms with van der Waals surface area (Å²) < 4.78 is 0. The van der Waals surface area contributed by atoms with Crippen LogP contribution in [-0.4, -0.2) is 10.8 Å². The number of nitrogens with two attached hydrogens (primary N) is 1. The van der Waals surface area contributed by atoms with Gasteiger partial charge in [-0.05, 0) is 30.6 Å². The second-order valence-corrected chi connectivity index (χ2v) is 3.54. The monoisotopic (exact) mass is 199 g/mol. The standard InChI is InChI=1S/C7H9N3S2/c1-5(9-10-7(8)11)6-3-2-4-12-6/h2-4H,1H3,(H3,8,10,11). The molecule has 1 aromatic heterocycles. The lowest BCUT2D eigenvalue weighted by atomic mass is 10.3. The second-order valence-electron chi connectivity index (χ2n) is 2.15. The Morgan fingerprint density at radius 3 is 3.00 bits per heavy atom. The Morgan fingerprint density at radius 2 is 2.50 bits per heavy atom. The third-order valence-electron chi connectivity index (χ3n) is 1.21. The molecular formula is C7H9N3S2. The number of rotatable bonds is 2. The van der Waals surface area contributed by atoms with Gasteiger partial charge in [0, 0.05) is 4.88 Å². The zero-order valence-electron chi connectivity index (χ0n) is 6.57. The molecule has 0 unspecified atom stereocenters. The fourth-order valence-corrected chi connectivity index (χ4v) is 1.40. The molecule has 64 valence electrons. The van der Waals surface area contributed by atoms with Crippen molar-refractivity contribution in [2.75, 3.05) is 0 Å². The molecule has 0 saturated heterocycles. The lowest BCUT2D eigenvalue weighted by molar-refractivity contribution is 1.03. The van der Waals surface area contributed by atoms with Crippen molar-refractivity contribution in [2.45, 2.75) is 6.92 Å². The first-order chi connectivity index (χ1) is 5.70. The maximum absolute atomic E-state index is 5.21. The average molecular weight is 199 g/mol. The number of thiocarbonyl (C=S) groups is 1. The quantitative estimate of drug-likeness (QED) is 0.429. The van der Waals surface area contributed by atoms with E-state index < -0.39 is 0 Å². The number of nitrogens with one attached hydrogen (secondary N) is 1. The predicted molar refractivity (Wildman–Crippen MR) is 56.5 cm³/mol. The van der Waals surface area contributed by atoms with Gasteiger partial charge in [0.15, 0.2) is 5.11 Å². The van der Waals surface area contributed by atoms with Gasteiger partial charge in [0.05, 0.1) is 5.71 Å². The Morgan fingerprint density at radius 1 is 1.75 bits per heavy atom. The summed E-state index contributed by atoms with van der Waals surface area (Å²) in [5.41, 5.74) is 8.64. The second kappa shape index (κ2) is 4.18. The van der Waals surface area contributed by atoms with Crippen LogP contribution in [0.15, 0.2) is 22.6 Å². The zero-order valence-corrected chi connectivity index (χ0v) is 8.21. The highest BCUT2D eigenvalue weighted by molar-refractivity contribution is 7.80. The molecule has 3 nitrogen and oxygen atoms in total. The van der Waals surface area contributed by atoms with E-state index in [-0.39, 0.29) is 5.11 Å². The molecule has 1 aromatic rings. The van der Waals surface area contributed by atoms with Crippen LogP contribution in [0.2, 0.25) is 0 Å². The molecule has 0 aromatic carbocycles. The first-order valence-corrected chi connectivity index (χ1v) is 4.62. The van der Waals surface area contributed by atoms with E-state index in [9.17, 15) is 0 Å². The van der Waals surface area contributed by atoms with Gasteiger partial charge in [-0.3, -0.25) is 5.43 Å². The minimum Gasteiger partial charge on any atom is -0.375 e. The largest absolute Gasteiger partial charge is 0.375 e. The van der Waals surface area contributed by atoms with Crippen LogP contribution < -0.4 is 11.2 Å². The van der Waals surface area contributed by atoms with E-state index in [4.69, 9.17) is 5.73 Å². The van der Waals surface area contributed by atoms with E-state index in [1.165, 1.54) is 0 Å². The highest BCUT2D eigenvalue weighted by atomic mass is 32.1. The molecule has 1 heterocycles. The molecule has 0 spiro atoms. The van der Waals surface area contributed by atoms with Crippen LogP contribution >= 0.6 is 23.6 Å². The highest BCUT2D eigenvalue weighted by Gasteiger charge is 1.96. The van der Waals surface area contributed by atoms with Crippen LogP contribution in [0.4, 0.5) is 0 Å².